The average Bonchev–Trinajstić information content (AvgIpc) is 2.87. The predicted molar refractivity (Wildman–Crippen MR) is 69.4 cm³/mol. The number of hydrogen-bond acceptors (Lipinski definition) is 2. The van der Waals surface area contributed by atoms with Gasteiger partial charge in [-0.05, 0) is 43.4 Å². The van der Waals surface area contributed by atoms with Gasteiger partial charge >= 0.3 is 0 Å². The first-order chi connectivity index (χ1) is 8.19. The van der Waals surface area contributed by atoms with Crippen molar-refractivity contribution in [2.24, 2.45) is 0 Å². The van der Waals surface area contributed by atoms with Crippen LogP contribution < -0.4 is 10.6 Å². The summed E-state index contributed by atoms with van der Waals surface area (Å²) in [6, 6.07) is 7.74. The zero-order valence-electron chi connectivity index (χ0n) is 9.50. The van der Waals surface area contributed by atoms with Crippen LogP contribution in [0.3, 0.4) is 0 Å². The molecule has 0 aromatic heterocycles. The van der Waals surface area contributed by atoms with E-state index in [1.165, 1.54) is 12.8 Å². The number of carbonyl (C=O) groups is 1. The van der Waals surface area contributed by atoms with Crippen molar-refractivity contribution < 1.29 is 4.79 Å². The van der Waals surface area contributed by atoms with Crippen LogP contribution in [0.25, 0.3) is 0 Å². The number of carbonyl (C=O) groups excluding carboxylic acids is 1. The molecule has 1 aromatic rings. The Kier molecular flexibility index (Phi) is 2.71. The lowest BCUT2D eigenvalue weighted by Crippen LogP contribution is -2.46. The molecule has 90 valence electrons. The second-order valence-electron chi connectivity index (χ2n) is 4.91. The van der Waals surface area contributed by atoms with Crippen molar-refractivity contribution in [1.29, 1.82) is 0 Å². The third kappa shape index (κ3) is 2.00. The molecule has 2 fully saturated rings. The molecule has 2 N–H and O–H groups in total. The van der Waals surface area contributed by atoms with Gasteiger partial charge in [0.2, 0.25) is 5.91 Å². The van der Waals surface area contributed by atoms with Gasteiger partial charge in [-0.3, -0.25) is 10.1 Å². The SMILES string of the molecule is O=C1NC2(CCCC2)NC1c1cccc(Br)c1. The minimum atomic E-state index is -0.203. The van der Waals surface area contributed by atoms with Gasteiger partial charge in [-0.25, -0.2) is 0 Å². The second-order valence-corrected chi connectivity index (χ2v) is 5.83. The van der Waals surface area contributed by atoms with Crippen molar-refractivity contribution in [3.05, 3.63) is 34.3 Å². The van der Waals surface area contributed by atoms with E-state index in [0.717, 1.165) is 22.9 Å². The van der Waals surface area contributed by atoms with Gasteiger partial charge in [0, 0.05) is 4.47 Å². The molecule has 1 atom stereocenters. The lowest BCUT2D eigenvalue weighted by Gasteiger charge is -2.23. The maximum atomic E-state index is 12.1. The smallest absolute Gasteiger partial charge is 0.243 e. The topological polar surface area (TPSA) is 41.1 Å². The Hall–Kier alpha value is -0.870. The molecule has 17 heavy (non-hydrogen) atoms. The number of amides is 1. The van der Waals surface area contributed by atoms with Crippen LogP contribution in [0.1, 0.15) is 37.3 Å². The molecule has 3 rings (SSSR count). The maximum Gasteiger partial charge on any atom is 0.243 e. The van der Waals surface area contributed by atoms with Crippen LogP contribution in [-0.4, -0.2) is 11.6 Å². The largest absolute Gasteiger partial charge is 0.336 e. The monoisotopic (exact) mass is 294 g/mol. The highest BCUT2D eigenvalue weighted by molar-refractivity contribution is 9.10. The molecular weight excluding hydrogens is 280 g/mol. The molecule has 1 saturated heterocycles. The van der Waals surface area contributed by atoms with E-state index in [4.69, 9.17) is 0 Å². The fourth-order valence-corrected chi connectivity index (χ4v) is 3.27. The number of rotatable bonds is 1. The van der Waals surface area contributed by atoms with Gasteiger partial charge in [-0.15, -0.1) is 0 Å². The van der Waals surface area contributed by atoms with Gasteiger partial charge in [0.1, 0.15) is 6.04 Å². The van der Waals surface area contributed by atoms with Crippen LogP contribution in [0.4, 0.5) is 0 Å². The second kappa shape index (κ2) is 4.10. The highest BCUT2D eigenvalue weighted by atomic mass is 79.9. The third-order valence-corrected chi connectivity index (χ3v) is 4.18. The summed E-state index contributed by atoms with van der Waals surface area (Å²) in [4.78, 5) is 12.1. The van der Waals surface area contributed by atoms with Crippen LogP contribution >= 0.6 is 15.9 Å². The van der Waals surface area contributed by atoms with Gasteiger partial charge in [0.25, 0.3) is 0 Å². The first-order valence-electron chi connectivity index (χ1n) is 6.04. The van der Waals surface area contributed by atoms with E-state index >= 15 is 0 Å². The number of hydrogen-bond donors (Lipinski definition) is 2. The molecule has 1 aliphatic heterocycles. The highest BCUT2D eigenvalue weighted by Gasteiger charge is 2.45. The Labute approximate surface area is 109 Å². The Morgan fingerprint density at radius 3 is 2.76 bits per heavy atom. The molecule has 3 nitrogen and oxygen atoms in total. The Bertz CT molecular complexity index is 454. The first-order valence-corrected chi connectivity index (χ1v) is 6.83. The molecule has 0 radical (unpaired) electrons. The van der Waals surface area contributed by atoms with Crippen LogP contribution in [0, 0.1) is 0 Å². The van der Waals surface area contributed by atoms with Crippen molar-refractivity contribution in [3.63, 3.8) is 0 Å². The van der Waals surface area contributed by atoms with Crippen LogP contribution in [0.2, 0.25) is 0 Å². The molecule has 1 amide bonds. The summed E-state index contributed by atoms with van der Waals surface area (Å²) in [5, 5.41) is 6.61. The number of halogens is 1. The number of nitrogens with one attached hydrogen (secondary N) is 2. The lowest BCUT2D eigenvalue weighted by atomic mass is 10.1. The molecule has 0 bridgehead atoms. The molecule has 1 heterocycles. The molecule has 1 aromatic carbocycles. The summed E-state index contributed by atoms with van der Waals surface area (Å²) in [5.41, 5.74) is 0.894. The Morgan fingerprint density at radius 1 is 1.29 bits per heavy atom. The summed E-state index contributed by atoms with van der Waals surface area (Å²) >= 11 is 3.44. The van der Waals surface area contributed by atoms with E-state index in [2.05, 4.69) is 26.6 Å². The molecule has 1 aliphatic carbocycles. The van der Waals surface area contributed by atoms with E-state index < -0.39 is 0 Å². The van der Waals surface area contributed by atoms with Crippen molar-refractivity contribution in [1.82, 2.24) is 10.6 Å². The standard InChI is InChI=1S/C13H15BrN2O/c14-10-5-3-4-9(8-10)11-12(17)16-13(15-11)6-1-2-7-13/h3-5,8,11,15H,1-2,6-7H2,(H,16,17). The molecule has 1 unspecified atom stereocenters. The highest BCUT2D eigenvalue weighted by Crippen LogP contribution is 2.35. The van der Waals surface area contributed by atoms with Crippen molar-refractivity contribution in [2.75, 3.05) is 0 Å². The molecule has 1 spiro atoms. The normalized spacial score (nSPS) is 26.4. The van der Waals surface area contributed by atoms with Gasteiger partial charge in [-0.1, -0.05) is 28.1 Å². The van der Waals surface area contributed by atoms with Crippen molar-refractivity contribution in [2.45, 2.75) is 37.4 Å². The Balaban J connectivity index is 1.87. The third-order valence-electron chi connectivity index (χ3n) is 3.68. The van der Waals surface area contributed by atoms with Crippen LogP contribution in [0.15, 0.2) is 28.7 Å². The quantitative estimate of drug-likeness (QED) is 0.835. The summed E-state index contributed by atoms with van der Waals surface area (Å²) < 4.78 is 1.01. The number of benzene rings is 1. The minimum Gasteiger partial charge on any atom is -0.336 e. The summed E-state index contributed by atoms with van der Waals surface area (Å²) in [6.45, 7) is 0. The molecule has 2 aliphatic rings. The zero-order valence-corrected chi connectivity index (χ0v) is 11.1. The molecular formula is C13H15BrN2O. The maximum absolute atomic E-state index is 12.1. The van der Waals surface area contributed by atoms with Crippen molar-refractivity contribution in [3.8, 4) is 0 Å². The Morgan fingerprint density at radius 2 is 2.06 bits per heavy atom. The van der Waals surface area contributed by atoms with Gasteiger partial charge in [-0.2, -0.15) is 0 Å². The predicted octanol–water partition coefficient (Wildman–Crippen LogP) is 2.48. The fourth-order valence-electron chi connectivity index (χ4n) is 2.85. The van der Waals surface area contributed by atoms with Gasteiger partial charge in [0.05, 0.1) is 5.66 Å². The van der Waals surface area contributed by atoms with Crippen LogP contribution in [-0.2, 0) is 4.79 Å². The van der Waals surface area contributed by atoms with E-state index in [1.807, 2.05) is 24.3 Å². The molecule has 4 heteroatoms. The van der Waals surface area contributed by atoms with Gasteiger partial charge < -0.3 is 5.32 Å². The van der Waals surface area contributed by atoms with Crippen LogP contribution in [0.5, 0.6) is 0 Å². The first kappa shape index (κ1) is 11.2. The summed E-state index contributed by atoms with van der Waals surface area (Å²) in [7, 11) is 0. The van der Waals surface area contributed by atoms with E-state index in [-0.39, 0.29) is 17.6 Å². The minimum absolute atomic E-state index is 0.102. The fraction of sp³-hybridized carbons (Fsp3) is 0.462. The average molecular weight is 295 g/mol. The zero-order chi connectivity index (χ0) is 11.9. The lowest BCUT2D eigenvalue weighted by molar-refractivity contribution is -0.121. The summed E-state index contributed by atoms with van der Waals surface area (Å²) in [6.07, 6.45) is 4.48. The van der Waals surface area contributed by atoms with E-state index in [9.17, 15) is 4.79 Å². The van der Waals surface area contributed by atoms with Gasteiger partial charge in [0.15, 0.2) is 0 Å². The van der Waals surface area contributed by atoms with Crippen molar-refractivity contribution >= 4 is 21.8 Å². The van der Waals surface area contributed by atoms with E-state index in [0.29, 0.717) is 0 Å². The molecule has 1 saturated carbocycles. The summed E-state index contributed by atoms with van der Waals surface area (Å²) in [5.74, 6) is 0.102. The van der Waals surface area contributed by atoms with E-state index in [1.54, 1.807) is 0 Å².